The number of hydrogen-bond donors (Lipinski definition) is 2. The molecule has 0 fully saturated rings. The Morgan fingerprint density at radius 3 is 2.43 bits per heavy atom. The van der Waals surface area contributed by atoms with E-state index in [1.54, 1.807) is 12.1 Å². The third-order valence-corrected chi connectivity index (χ3v) is 3.90. The number of rotatable bonds is 9. The molecule has 130 valence electrons. The number of carboxylic acid groups (broad SMARTS) is 1. The first-order valence-electron chi connectivity index (χ1n) is 7.45. The summed E-state index contributed by atoms with van der Waals surface area (Å²) in [6.07, 6.45) is -3.38. The number of ether oxygens (including phenoxy) is 1. The Morgan fingerprint density at radius 1 is 1.26 bits per heavy atom. The molecule has 23 heavy (non-hydrogen) atoms. The third-order valence-electron chi connectivity index (χ3n) is 3.90. The summed E-state index contributed by atoms with van der Waals surface area (Å²) in [4.78, 5) is 11.4. The zero-order valence-corrected chi connectivity index (χ0v) is 13.2. The van der Waals surface area contributed by atoms with Crippen molar-refractivity contribution in [1.29, 1.82) is 0 Å². The fraction of sp³-hybridized carbons (Fsp3) is 0.562. The number of aliphatic carboxylic acids is 1. The van der Waals surface area contributed by atoms with Gasteiger partial charge < -0.3 is 15.2 Å². The van der Waals surface area contributed by atoms with Gasteiger partial charge in [-0.25, -0.2) is 0 Å². The Labute approximate surface area is 133 Å². The Hall–Kier alpha value is -1.76. The predicted octanol–water partition coefficient (Wildman–Crippen LogP) is 3.61. The van der Waals surface area contributed by atoms with Crippen LogP contribution in [0, 0.1) is 5.41 Å². The first kappa shape index (κ1) is 19.3. The number of carboxylic acids is 1. The smallest absolute Gasteiger partial charge is 0.422 e. The maximum absolute atomic E-state index is 12.1. The first-order chi connectivity index (χ1) is 10.7. The van der Waals surface area contributed by atoms with E-state index in [4.69, 9.17) is 4.74 Å². The van der Waals surface area contributed by atoms with E-state index in [0.717, 1.165) is 5.56 Å². The van der Waals surface area contributed by atoms with E-state index < -0.39 is 24.2 Å². The van der Waals surface area contributed by atoms with Gasteiger partial charge in [0, 0.05) is 13.1 Å². The standard InChI is InChI=1S/C16H22F3NO3/c1-3-15(4-2,14(21)22)10-20-9-12-6-5-7-13(8-12)23-11-16(17,18)19/h5-8,20H,3-4,9-11H2,1-2H3,(H,21,22). The summed E-state index contributed by atoms with van der Waals surface area (Å²) in [5, 5.41) is 12.4. The van der Waals surface area contributed by atoms with Crippen LogP contribution in [-0.4, -0.2) is 30.4 Å². The second kappa shape index (κ2) is 8.19. The van der Waals surface area contributed by atoms with Crippen LogP contribution < -0.4 is 10.1 Å². The van der Waals surface area contributed by atoms with Crippen LogP contribution in [0.3, 0.4) is 0 Å². The van der Waals surface area contributed by atoms with Crippen molar-refractivity contribution in [1.82, 2.24) is 5.32 Å². The molecule has 0 unspecified atom stereocenters. The van der Waals surface area contributed by atoms with Crippen LogP contribution in [0.4, 0.5) is 13.2 Å². The number of nitrogens with one attached hydrogen (secondary N) is 1. The summed E-state index contributed by atoms with van der Waals surface area (Å²) < 4.78 is 41.1. The highest BCUT2D eigenvalue weighted by atomic mass is 19.4. The topological polar surface area (TPSA) is 58.6 Å². The number of alkyl halides is 3. The van der Waals surface area contributed by atoms with Crippen LogP contribution in [0.25, 0.3) is 0 Å². The van der Waals surface area contributed by atoms with E-state index in [0.29, 0.717) is 25.9 Å². The van der Waals surface area contributed by atoms with Gasteiger partial charge in [0.05, 0.1) is 5.41 Å². The van der Waals surface area contributed by atoms with Gasteiger partial charge in [0.2, 0.25) is 0 Å². The van der Waals surface area contributed by atoms with Gasteiger partial charge in [-0.05, 0) is 30.5 Å². The molecule has 4 nitrogen and oxygen atoms in total. The van der Waals surface area contributed by atoms with Gasteiger partial charge in [-0.2, -0.15) is 13.2 Å². The zero-order chi connectivity index (χ0) is 17.5. The Balaban J connectivity index is 2.60. The van der Waals surface area contributed by atoms with Crippen LogP contribution in [0.15, 0.2) is 24.3 Å². The Kier molecular flexibility index (Phi) is 6.87. The van der Waals surface area contributed by atoms with Crippen molar-refractivity contribution in [2.45, 2.75) is 39.4 Å². The van der Waals surface area contributed by atoms with E-state index in [2.05, 4.69) is 5.32 Å². The molecule has 0 bridgehead atoms. The van der Waals surface area contributed by atoms with Crippen molar-refractivity contribution < 1.29 is 27.8 Å². The average Bonchev–Trinajstić information content (AvgIpc) is 2.49. The molecule has 0 saturated carbocycles. The summed E-state index contributed by atoms with van der Waals surface area (Å²) in [7, 11) is 0. The lowest BCUT2D eigenvalue weighted by molar-refractivity contribution is -0.153. The largest absolute Gasteiger partial charge is 0.484 e. The Bertz CT molecular complexity index is 514. The predicted molar refractivity (Wildman–Crippen MR) is 80.3 cm³/mol. The second-order valence-corrected chi connectivity index (χ2v) is 5.45. The first-order valence-corrected chi connectivity index (χ1v) is 7.45. The quantitative estimate of drug-likeness (QED) is 0.725. The van der Waals surface area contributed by atoms with Crippen molar-refractivity contribution in [3.05, 3.63) is 29.8 Å². The molecule has 0 heterocycles. The zero-order valence-electron chi connectivity index (χ0n) is 13.2. The maximum Gasteiger partial charge on any atom is 0.422 e. The van der Waals surface area contributed by atoms with Crippen molar-refractivity contribution >= 4 is 5.97 Å². The van der Waals surface area contributed by atoms with Crippen LogP contribution in [0.5, 0.6) is 5.75 Å². The molecular formula is C16H22F3NO3. The van der Waals surface area contributed by atoms with Gasteiger partial charge in [-0.3, -0.25) is 4.79 Å². The molecule has 0 amide bonds. The fourth-order valence-corrected chi connectivity index (χ4v) is 2.23. The van der Waals surface area contributed by atoms with E-state index >= 15 is 0 Å². The molecule has 0 spiro atoms. The minimum Gasteiger partial charge on any atom is -0.484 e. The monoisotopic (exact) mass is 333 g/mol. The molecule has 1 rings (SSSR count). The van der Waals surface area contributed by atoms with E-state index in [-0.39, 0.29) is 5.75 Å². The van der Waals surface area contributed by atoms with Gasteiger partial charge >= 0.3 is 12.1 Å². The van der Waals surface area contributed by atoms with Crippen molar-refractivity contribution in [2.75, 3.05) is 13.2 Å². The number of carbonyl (C=O) groups is 1. The van der Waals surface area contributed by atoms with Crippen molar-refractivity contribution in [2.24, 2.45) is 5.41 Å². The minimum atomic E-state index is -4.38. The lowest BCUT2D eigenvalue weighted by atomic mass is 9.82. The molecular weight excluding hydrogens is 311 g/mol. The highest BCUT2D eigenvalue weighted by Crippen LogP contribution is 2.26. The number of hydrogen-bond acceptors (Lipinski definition) is 3. The maximum atomic E-state index is 12.1. The molecule has 0 aromatic heterocycles. The van der Waals surface area contributed by atoms with Crippen molar-refractivity contribution in [3.8, 4) is 5.75 Å². The molecule has 0 radical (unpaired) electrons. The van der Waals surface area contributed by atoms with Crippen LogP contribution >= 0.6 is 0 Å². The highest BCUT2D eigenvalue weighted by molar-refractivity contribution is 5.74. The molecule has 7 heteroatoms. The lowest BCUT2D eigenvalue weighted by Crippen LogP contribution is -2.40. The fourth-order valence-electron chi connectivity index (χ4n) is 2.23. The summed E-state index contributed by atoms with van der Waals surface area (Å²) in [5.41, 5.74) is -0.0964. The molecule has 0 aliphatic carbocycles. The minimum absolute atomic E-state index is 0.136. The Morgan fingerprint density at radius 2 is 1.91 bits per heavy atom. The molecule has 0 atom stereocenters. The van der Waals surface area contributed by atoms with E-state index in [1.807, 2.05) is 13.8 Å². The number of benzene rings is 1. The van der Waals surface area contributed by atoms with Gasteiger partial charge in [0.25, 0.3) is 0 Å². The molecule has 1 aromatic rings. The van der Waals surface area contributed by atoms with Crippen LogP contribution in [-0.2, 0) is 11.3 Å². The summed E-state index contributed by atoms with van der Waals surface area (Å²) in [5.74, 6) is -0.714. The molecule has 2 N–H and O–H groups in total. The van der Waals surface area contributed by atoms with Crippen molar-refractivity contribution in [3.63, 3.8) is 0 Å². The van der Waals surface area contributed by atoms with Gasteiger partial charge in [-0.1, -0.05) is 26.0 Å². The summed E-state index contributed by atoms with van der Waals surface area (Å²) in [6, 6.07) is 6.31. The number of halogens is 3. The van der Waals surface area contributed by atoms with Crippen LogP contribution in [0.1, 0.15) is 32.3 Å². The van der Waals surface area contributed by atoms with Crippen LogP contribution in [0.2, 0.25) is 0 Å². The van der Waals surface area contributed by atoms with E-state index in [1.165, 1.54) is 12.1 Å². The molecule has 0 aliphatic rings. The third kappa shape index (κ3) is 6.09. The summed E-state index contributed by atoms with van der Waals surface area (Å²) >= 11 is 0. The normalized spacial score (nSPS) is 12.2. The SMILES string of the molecule is CCC(CC)(CNCc1cccc(OCC(F)(F)F)c1)C(=O)O. The average molecular weight is 333 g/mol. The van der Waals surface area contributed by atoms with Gasteiger partial charge in [0.15, 0.2) is 6.61 Å². The molecule has 1 aromatic carbocycles. The lowest BCUT2D eigenvalue weighted by Gasteiger charge is -2.27. The molecule has 0 saturated heterocycles. The second-order valence-electron chi connectivity index (χ2n) is 5.45. The highest BCUT2D eigenvalue weighted by Gasteiger charge is 2.34. The van der Waals surface area contributed by atoms with Gasteiger partial charge in [0.1, 0.15) is 5.75 Å². The summed E-state index contributed by atoms with van der Waals surface area (Å²) in [6.45, 7) is 2.97. The van der Waals surface area contributed by atoms with Gasteiger partial charge in [-0.15, -0.1) is 0 Å². The molecule has 0 aliphatic heterocycles. The van der Waals surface area contributed by atoms with E-state index in [9.17, 15) is 23.1 Å².